The van der Waals surface area contributed by atoms with Gasteiger partial charge in [-0.15, -0.1) is 0 Å². The molecule has 0 fully saturated rings. The van der Waals surface area contributed by atoms with Gasteiger partial charge in [0.2, 0.25) is 0 Å². The van der Waals surface area contributed by atoms with Crippen molar-refractivity contribution in [1.29, 1.82) is 0 Å². The second-order valence-corrected chi connectivity index (χ2v) is 5.16. The molecule has 1 aromatic carbocycles. The standard InChI is InChI=1S/C17H26O3/c1-4-7-11-20-16-12-14(13(6-3)8-5-2)9-10-15(16)17(18)19/h9-10,12-13H,4-8,11H2,1-3H3,(H,18,19). The Morgan fingerprint density at radius 1 is 1.25 bits per heavy atom. The molecule has 3 heteroatoms. The van der Waals surface area contributed by atoms with Crippen molar-refractivity contribution in [3.05, 3.63) is 29.3 Å². The van der Waals surface area contributed by atoms with Crippen LogP contribution in [0.3, 0.4) is 0 Å². The van der Waals surface area contributed by atoms with Gasteiger partial charge in [0.1, 0.15) is 11.3 Å². The summed E-state index contributed by atoms with van der Waals surface area (Å²) in [5, 5.41) is 9.23. The Kier molecular flexibility index (Phi) is 7.13. The van der Waals surface area contributed by atoms with Crippen LogP contribution >= 0.6 is 0 Å². The van der Waals surface area contributed by atoms with Crippen molar-refractivity contribution >= 4 is 5.97 Å². The molecule has 20 heavy (non-hydrogen) atoms. The van der Waals surface area contributed by atoms with Crippen LogP contribution in [0, 0.1) is 0 Å². The van der Waals surface area contributed by atoms with Gasteiger partial charge in [0, 0.05) is 0 Å². The van der Waals surface area contributed by atoms with Crippen LogP contribution in [0.4, 0.5) is 0 Å². The number of aromatic carboxylic acids is 1. The van der Waals surface area contributed by atoms with Crippen molar-refractivity contribution in [2.75, 3.05) is 6.61 Å². The van der Waals surface area contributed by atoms with Gasteiger partial charge in [0.05, 0.1) is 6.61 Å². The maximum Gasteiger partial charge on any atom is 0.339 e. The number of hydrogen-bond donors (Lipinski definition) is 1. The molecule has 3 nitrogen and oxygen atoms in total. The van der Waals surface area contributed by atoms with E-state index in [1.54, 1.807) is 6.07 Å². The summed E-state index contributed by atoms with van der Waals surface area (Å²) >= 11 is 0. The third kappa shape index (κ3) is 4.55. The van der Waals surface area contributed by atoms with Crippen LogP contribution in [0.15, 0.2) is 18.2 Å². The topological polar surface area (TPSA) is 46.5 Å². The SMILES string of the molecule is CCCCOc1cc(C(CC)CCC)ccc1C(=O)O. The van der Waals surface area contributed by atoms with E-state index in [4.69, 9.17) is 4.74 Å². The van der Waals surface area contributed by atoms with E-state index in [1.807, 2.05) is 12.1 Å². The summed E-state index contributed by atoms with van der Waals surface area (Å²) in [6.45, 7) is 7.01. The quantitative estimate of drug-likeness (QED) is 0.656. The van der Waals surface area contributed by atoms with E-state index in [1.165, 1.54) is 5.56 Å². The van der Waals surface area contributed by atoms with Crippen molar-refractivity contribution in [1.82, 2.24) is 0 Å². The number of benzene rings is 1. The zero-order valence-corrected chi connectivity index (χ0v) is 12.8. The number of unbranched alkanes of at least 4 members (excludes halogenated alkanes) is 1. The van der Waals surface area contributed by atoms with E-state index in [0.717, 1.165) is 32.1 Å². The molecule has 0 aliphatic carbocycles. The van der Waals surface area contributed by atoms with Crippen molar-refractivity contribution in [3.8, 4) is 5.75 Å². The molecule has 0 spiro atoms. The summed E-state index contributed by atoms with van der Waals surface area (Å²) in [6, 6.07) is 5.53. The minimum absolute atomic E-state index is 0.260. The molecular formula is C17H26O3. The number of hydrogen-bond acceptors (Lipinski definition) is 2. The molecule has 1 aromatic rings. The van der Waals surface area contributed by atoms with Crippen LogP contribution in [0.25, 0.3) is 0 Å². The fourth-order valence-electron chi connectivity index (χ4n) is 2.37. The van der Waals surface area contributed by atoms with Crippen molar-refractivity contribution < 1.29 is 14.6 Å². The molecule has 0 aromatic heterocycles. The van der Waals surface area contributed by atoms with Gasteiger partial charge in [-0.05, 0) is 42.9 Å². The molecule has 1 N–H and O–H groups in total. The molecule has 1 rings (SSSR count). The average molecular weight is 278 g/mol. The zero-order chi connectivity index (χ0) is 15.0. The van der Waals surface area contributed by atoms with Gasteiger partial charge in [-0.2, -0.15) is 0 Å². The number of rotatable bonds is 9. The highest BCUT2D eigenvalue weighted by molar-refractivity contribution is 5.91. The van der Waals surface area contributed by atoms with E-state index in [0.29, 0.717) is 18.3 Å². The normalized spacial score (nSPS) is 12.2. The molecule has 0 saturated heterocycles. The number of carbonyl (C=O) groups is 1. The highest BCUT2D eigenvalue weighted by atomic mass is 16.5. The van der Waals surface area contributed by atoms with E-state index in [-0.39, 0.29) is 5.56 Å². The summed E-state index contributed by atoms with van der Waals surface area (Å²) in [5.74, 6) is 0.0703. The molecule has 0 heterocycles. The summed E-state index contributed by atoms with van der Waals surface area (Å²) in [7, 11) is 0. The largest absolute Gasteiger partial charge is 0.493 e. The van der Waals surface area contributed by atoms with Crippen molar-refractivity contribution in [2.24, 2.45) is 0 Å². The molecule has 0 amide bonds. The Labute approximate surface area is 122 Å². The van der Waals surface area contributed by atoms with Crippen LogP contribution in [0.1, 0.15) is 74.7 Å². The second kappa shape index (κ2) is 8.62. The van der Waals surface area contributed by atoms with E-state index >= 15 is 0 Å². The summed E-state index contributed by atoms with van der Waals surface area (Å²) < 4.78 is 5.67. The van der Waals surface area contributed by atoms with Gasteiger partial charge >= 0.3 is 5.97 Å². The Morgan fingerprint density at radius 2 is 2.00 bits per heavy atom. The van der Waals surface area contributed by atoms with Gasteiger partial charge in [-0.3, -0.25) is 0 Å². The number of ether oxygens (including phenoxy) is 1. The smallest absolute Gasteiger partial charge is 0.339 e. The third-order valence-corrected chi connectivity index (χ3v) is 3.59. The maximum absolute atomic E-state index is 11.3. The van der Waals surface area contributed by atoms with Crippen molar-refractivity contribution in [3.63, 3.8) is 0 Å². The fraction of sp³-hybridized carbons (Fsp3) is 0.588. The minimum Gasteiger partial charge on any atom is -0.493 e. The first-order valence-electron chi connectivity index (χ1n) is 7.64. The Balaban J connectivity index is 2.99. The zero-order valence-electron chi connectivity index (χ0n) is 12.8. The van der Waals surface area contributed by atoms with Crippen molar-refractivity contribution in [2.45, 2.75) is 58.8 Å². The van der Waals surface area contributed by atoms with Gasteiger partial charge < -0.3 is 9.84 Å². The maximum atomic E-state index is 11.3. The molecule has 0 bridgehead atoms. The molecular weight excluding hydrogens is 252 g/mol. The third-order valence-electron chi connectivity index (χ3n) is 3.59. The van der Waals surface area contributed by atoms with Crippen LogP contribution in [0.2, 0.25) is 0 Å². The Bertz CT molecular complexity index is 426. The lowest BCUT2D eigenvalue weighted by Gasteiger charge is -2.17. The first-order chi connectivity index (χ1) is 9.63. The van der Waals surface area contributed by atoms with Crippen LogP contribution in [-0.2, 0) is 0 Å². The van der Waals surface area contributed by atoms with Gasteiger partial charge in [0.15, 0.2) is 0 Å². The molecule has 0 aliphatic rings. The molecule has 1 atom stereocenters. The molecule has 0 radical (unpaired) electrons. The second-order valence-electron chi connectivity index (χ2n) is 5.16. The van der Waals surface area contributed by atoms with Crippen LogP contribution in [0.5, 0.6) is 5.75 Å². The molecule has 0 aliphatic heterocycles. The first kappa shape index (κ1) is 16.5. The fourth-order valence-corrected chi connectivity index (χ4v) is 2.37. The summed E-state index contributed by atoms with van der Waals surface area (Å²) in [4.78, 5) is 11.3. The highest BCUT2D eigenvalue weighted by Gasteiger charge is 2.15. The monoisotopic (exact) mass is 278 g/mol. The first-order valence-corrected chi connectivity index (χ1v) is 7.64. The minimum atomic E-state index is -0.924. The summed E-state index contributed by atoms with van der Waals surface area (Å²) in [5.41, 5.74) is 1.45. The predicted octanol–water partition coefficient (Wildman–Crippen LogP) is 4.86. The predicted molar refractivity (Wildman–Crippen MR) is 81.7 cm³/mol. The van der Waals surface area contributed by atoms with Gasteiger partial charge in [-0.25, -0.2) is 4.79 Å². The van der Waals surface area contributed by atoms with E-state index in [9.17, 15) is 9.90 Å². The lowest BCUT2D eigenvalue weighted by atomic mass is 9.91. The molecule has 112 valence electrons. The lowest BCUT2D eigenvalue weighted by molar-refractivity contribution is 0.0692. The van der Waals surface area contributed by atoms with Crippen LogP contribution < -0.4 is 4.74 Å². The highest BCUT2D eigenvalue weighted by Crippen LogP contribution is 2.30. The Morgan fingerprint density at radius 3 is 2.55 bits per heavy atom. The number of carboxylic acids is 1. The van der Waals surface area contributed by atoms with E-state index < -0.39 is 5.97 Å². The molecule has 0 saturated carbocycles. The molecule has 1 unspecified atom stereocenters. The summed E-state index contributed by atoms with van der Waals surface area (Å²) in [6.07, 6.45) is 5.29. The van der Waals surface area contributed by atoms with Crippen LogP contribution in [-0.4, -0.2) is 17.7 Å². The average Bonchev–Trinajstić information content (AvgIpc) is 2.44. The number of carboxylic acid groups (broad SMARTS) is 1. The van der Waals surface area contributed by atoms with E-state index in [2.05, 4.69) is 20.8 Å². The van der Waals surface area contributed by atoms with Gasteiger partial charge in [0.25, 0.3) is 0 Å². The van der Waals surface area contributed by atoms with Gasteiger partial charge in [-0.1, -0.05) is 39.7 Å². The Hall–Kier alpha value is -1.51. The lowest BCUT2D eigenvalue weighted by Crippen LogP contribution is -2.06.